The quantitative estimate of drug-likeness (QED) is 0.302. The zero-order valence-corrected chi connectivity index (χ0v) is 18.0. The molecule has 1 aromatic heterocycles. The summed E-state index contributed by atoms with van der Waals surface area (Å²) in [6, 6.07) is 21.5. The van der Waals surface area contributed by atoms with E-state index in [1.807, 2.05) is 71.3 Å². The van der Waals surface area contributed by atoms with Gasteiger partial charge in [0.25, 0.3) is 0 Å². The molecular formula is C23H21N3O4S. The first-order chi connectivity index (χ1) is 15.2. The minimum atomic E-state index is -0.331. The topological polar surface area (TPSA) is 75.5 Å². The molecule has 4 aromatic rings. The fourth-order valence-electron chi connectivity index (χ4n) is 3.12. The molecule has 0 aliphatic rings. The number of benzene rings is 3. The van der Waals surface area contributed by atoms with E-state index in [9.17, 15) is 4.79 Å². The lowest BCUT2D eigenvalue weighted by Gasteiger charge is -2.12. The van der Waals surface area contributed by atoms with Crippen molar-refractivity contribution in [2.24, 2.45) is 0 Å². The molecule has 3 aromatic carbocycles. The molecule has 0 unspecified atom stereocenters. The molecule has 0 fully saturated rings. The van der Waals surface area contributed by atoms with Gasteiger partial charge in [-0.15, -0.1) is 10.2 Å². The average molecular weight is 436 g/mol. The van der Waals surface area contributed by atoms with E-state index in [1.54, 1.807) is 7.11 Å². The van der Waals surface area contributed by atoms with Crippen LogP contribution in [0.1, 0.15) is 5.82 Å². The molecule has 1 heterocycles. The fourth-order valence-corrected chi connectivity index (χ4v) is 3.93. The van der Waals surface area contributed by atoms with Crippen molar-refractivity contribution in [2.45, 2.75) is 11.8 Å². The van der Waals surface area contributed by atoms with E-state index in [-0.39, 0.29) is 18.3 Å². The van der Waals surface area contributed by atoms with Gasteiger partial charge in [0.05, 0.1) is 20.0 Å². The number of rotatable bonds is 8. The first-order valence-electron chi connectivity index (χ1n) is 9.58. The Labute approximate surface area is 184 Å². The number of thioether (sulfide) groups is 1. The summed E-state index contributed by atoms with van der Waals surface area (Å²) in [5, 5.41) is 11.3. The fraction of sp³-hybridized carbons (Fsp3) is 0.174. The van der Waals surface area contributed by atoms with Gasteiger partial charge in [0.15, 0.2) is 11.0 Å². The number of hydrogen-bond acceptors (Lipinski definition) is 7. The highest BCUT2D eigenvalue weighted by Crippen LogP contribution is 2.28. The standard InChI is InChI=1S/C23H21N3O4S/c1-28-18-12-10-17(11-13-18)26-21(24-25-23(26)31-15-22(27)29-2)14-30-20-9-5-7-16-6-3-4-8-19(16)20/h3-13H,14-15H2,1-2H3. The summed E-state index contributed by atoms with van der Waals surface area (Å²) in [6.07, 6.45) is 0. The number of methoxy groups -OCH3 is 2. The van der Waals surface area contributed by atoms with Crippen molar-refractivity contribution in [1.29, 1.82) is 0 Å². The highest BCUT2D eigenvalue weighted by molar-refractivity contribution is 7.99. The maximum absolute atomic E-state index is 11.6. The summed E-state index contributed by atoms with van der Waals surface area (Å²) >= 11 is 1.26. The number of carbonyl (C=O) groups excluding carboxylic acids is 1. The lowest BCUT2D eigenvalue weighted by molar-refractivity contribution is -0.137. The minimum Gasteiger partial charge on any atom is -0.497 e. The molecule has 0 atom stereocenters. The van der Waals surface area contributed by atoms with Gasteiger partial charge in [-0.25, -0.2) is 0 Å². The van der Waals surface area contributed by atoms with Gasteiger partial charge in [0.1, 0.15) is 18.1 Å². The molecule has 0 radical (unpaired) electrons. The molecule has 7 nitrogen and oxygen atoms in total. The maximum atomic E-state index is 11.6. The Kier molecular flexibility index (Phi) is 6.37. The van der Waals surface area contributed by atoms with Gasteiger partial charge in [0.2, 0.25) is 0 Å². The van der Waals surface area contributed by atoms with E-state index >= 15 is 0 Å². The lowest BCUT2D eigenvalue weighted by Crippen LogP contribution is -2.08. The molecule has 0 saturated carbocycles. The number of ether oxygens (including phenoxy) is 3. The van der Waals surface area contributed by atoms with Crippen molar-refractivity contribution in [3.8, 4) is 17.2 Å². The average Bonchev–Trinajstić information content (AvgIpc) is 3.23. The SMILES string of the molecule is COC(=O)CSc1nnc(COc2cccc3ccccc23)n1-c1ccc(OC)cc1. The molecule has 0 aliphatic heterocycles. The van der Waals surface area contributed by atoms with Crippen LogP contribution in [0.2, 0.25) is 0 Å². The number of fused-ring (bicyclic) bond motifs is 1. The molecule has 158 valence electrons. The van der Waals surface area contributed by atoms with E-state index in [0.717, 1.165) is 28.0 Å². The highest BCUT2D eigenvalue weighted by atomic mass is 32.2. The molecule has 31 heavy (non-hydrogen) atoms. The van der Waals surface area contributed by atoms with Crippen molar-refractivity contribution in [3.63, 3.8) is 0 Å². The molecule has 0 N–H and O–H groups in total. The Morgan fingerprint density at radius 2 is 1.74 bits per heavy atom. The van der Waals surface area contributed by atoms with Crippen LogP contribution >= 0.6 is 11.8 Å². The number of esters is 1. The third kappa shape index (κ3) is 4.64. The second-order valence-electron chi connectivity index (χ2n) is 6.56. The van der Waals surface area contributed by atoms with Crippen LogP contribution in [0.4, 0.5) is 0 Å². The zero-order valence-electron chi connectivity index (χ0n) is 17.1. The number of carbonyl (C=O) groups is 1. The van der Waals surface area contributed by atoms with Crippen molar-refractivity contribution >= 4 is 28.5 Å². The largest absolute Gasteiger partial charge is 0.497 e. The molecule has 0 bridgehead atoms. The molecule has 0 saturated heterocycles. The van der Waals surface area contributed by atoms with E-state index in [0.29, 0.717) is 11.0 Å². The summed E-state index contributed by atoms with van der Waals surface area (Å²) in [7, 11) is 2.98. The van der Waals surface area contributed by atoms with Crippen LogP contribution in [0, 0.1) is 0 Å². The Hall–Kier alpha value is -3.52. The Bertz CT molecular complexity index is 1190. The number of nitrogens with zero attached hydrogens (tertiary/aromatic N) is 3. The Balaban J connectivity index is 1.64. The molecule has 0 amide bonds. The van der Waals surface area contributed by atoms with Crippen molar-refractivity contribution in [1.82, 2.24) is 14.8 Å². The van der Waals surface area contributed by atoms with Crippen LogP contribution < -0.4 is 9.47 Å². The molecule has 0 spiro atoms. The Morgan fingerprint density at radius 1 is 0.968 bits per heavy atom. The van der Waals surface area contributed by atoms with E-state index < -0.39 is 0 Å². The van der Waals surface area contributed by atoms with Gasteiger partial charge in [-0.1, -0.05) is 48.2 Å². The molecule has 8 heteroatoms. The van der Waals surface area contributed by atoms with Gasteiger partial charge in [-0.05, 0) is 35.7 Å². The normalized spacial score (nSPS) is 10.8. The van der Waals surface area contributed by atoms with E-state index in [1.165, 1.54) is 18.9 Å². The monoisotopic (exact) mass is 435 g/mol. The van der Waals surface area contributed by atoms with Gasteiger partial charge >= 0.3 is 5.97 Å². The summed E-state index contributed by atoms with van der Waals surface area (Å²) in [5.74, 6) is 1.93. The lowest BCUT2D eigenvalue weighted by atomic mass is 10.1. The van der Waals surface area contributed by atoms with E-state index in [4.69, 9.17) is 14.2 Å². The van der Waals surface area contributed by atoms with Crippen LogP contribution in [-0.4, -0.2) is 40.7 Å². The second kappa shape index (κ2) is 9.53. The van der Waals surface area contributed by atoms with Gasteiger partial charge in [-0.3, -0.25) is 9.36 Å². The van der Waals surface area contributed by atoms with Gasteiger partial charge in [0, 0.05) is 11.1 Å². The second-order valence-corrected chi connectivity index (χ2v) is 7.51. The highest BCUT2D eigenvalue weighted by Gasteiger charge is 2.17. The molecule has 4 rings (SSSR count). The minimum absolute atomic E-state index is 0.134. The first kappa shape index (κ1) is 20.7. The summed E-state index contributed by atoms with van der Waals surface area (Å²) < 4.78 is 18.0. The first-order valence-corrected chi connectivity index (χ1v) is 10.6. The maximum Gasteiger partial charge on any atom is 0.316 e. The summed E-state index contributed by atoms with van der Waals surface area (Å²) in [5.41, 5.74) is 0.842. The van der Waals surface area contributed by atoms with Crippen molar-refractivity contribution in [2.75, 3.05) is 20.0 Å². The van der Waals surface area contributed by atoms with Crippen LogP contribution in [-0.2, 0) is 16.1 Å². The van der Waals surface area contributed by atoms with Gasteiger partial charge < -0.3 is 14.2 Å². The predicted molar refractivity (Wildman–Crippen MR) is 119 cm³/mol. The van der Waals surface area contributed by atoms with E-state index in [2.05, 4.69) is 10.2 Å². The van der Waals surface area contributed by atoms with Crippen LogP contribution in [0.25, 0.3) is 16.5 Å². The van der Waals surface area contributed by atoms with Crippen LogP contribution in [0.15, 0.2) is 71.9 Å². The summed E-state index contributed by atoms with van der Waals surface area (Å²) in [4.78, 5) is 11.6. The molecular weight excluding hydrogens is 414 g/mol. The van der Waals surface area contributed by atoms with Crippen LogP contribution in [0.3, 0.4) is 0 Å². The number of aromatic nitrogens is 3. The third-order valence-electron chi connectivity index (χ3n) is 4.68. The summed E-state index contributed by atoms with van der Waals surface area (Å²) in [6.45, 7) is 0.214. The third-order valence-corrected chi connectivity index (χ3v) is 5.59. The Morgan fingerprint density at radius 3 is 2.52 bits per heavy atom. The van der Waals surface area contributed by atoms with Crippen molar-refractivity contribution in [3.05, 3.63) is 72.6 Å². The van der Waals surface area contributed by atoms with Crippen LogP contribution in [0.5, 0.6) is 11.5 Å². The van der Waals surface area contributed by atoms with Gasteiger partial charge in [-0.2, -0.15) is 0 Å². The number of hydrogen-bond donors (Lipinski definition) is 0. The zero-order chi connectivity index (χ0) is 21.6. The van der Waals surface area contributed by atoms with Crippen molar-refractivity contribution < 1.29 is 19.0 Å². The predicted octanol–water partition coefficient (Wildman–Crippen LogP) is 4.27. The molecule has 0 aliphatic carbocycles. The smallest absolute Gasteiger partial charge is 0.316 e.